The molecule has 0 heterocycles. The van der Waals surface area contributed by atoms with Gasteiger partial charge in [-0.15, -0.1) is 0 Å². The van der Waals surface area contributed by atoms with Crippen molar-refractivity contribution in [1.82, 2.24) is 0 Å². The van der Waals surface area contributed by atoms with Crippen molar-refractivity contribution >= 4 is 23.2 Å². The van der Waals surface area contributed by atoms with Crippen LogP contribution in [0.5, 0.6) is 0 Å². The van der Waals surface area contributed by atoms with Gasteiger partial charge in [-0.05, 0) is 42.7 Å². The highest BCUT2D eigenvalue weighted by Gasteiger charge is 2.25. The zero-order valence-electron chi connectivity index (χ0n) is 12.2. The van der Waals surface area contributed by atoms with Crippen molar-refractivity contribution in [3.05, 3.63) is 33.8 Å². The monoisotopic (exact) mass is 313 g/mol. The van der Waals surface area contributed by atoms with Crippen LogP contribution in [-0.4, -0.2) is 6.04 Å². The lowest BCUT2D eigenvalue weighted by Gasteiger charge is -2.32. The van der Waals surface area contributed by atoms with E-state index >= 15 is 0 Å². The molecule has 0 spiro atoms. The molecule has 112 valence electrons. The molecule has 0 saturated heterocycles. The summed E-state index contributed by atoms with van der Waals surface area (Å²) in [6.07, 6.45) is 8.74. The molecule has 2 N–H and O–H groups in total. The molecule has 1 aromatic rings. The molecule has 1 atom stereocenters. The first-order valence-electron chi connectivity index (χ1n) is 7.80. The fourth-order valence-corrected chi connectivity index (χ4v) is 3.84. The van der Waals surface area contributed by atoms with Gasteiger partial charge in [0.1, 0.15) is 0 Å². The van der Waals surface area contributed by atoms with Crippen molar-refractivity contribution in [3.63, 3.8) is 0 Å². The lowest BCUT2D eigenvalue weighted by Crippen LogP contribution is -2.35. The number of hydrogen-bond acceptors (Lipinski definition) is 1. The molecule has 1 aromatic carbocycles. The van der Waals surface area contributed by atoms with Crippen LogP contribution in [0.3, 0.4) is 0 Å². The van der Waals surface area contributed by atoms with Crippen LogP contribution < -0.4 is 5.73 Å². The Morgan fingerprint density at radius 3 is 2.55 bits per heavy atom. The lowest BCUT2D eigenvalue weighted by molar-refractivity contribution is 0.232. The van der Waals surface area contributed by atoms with E-state index in [0.717, 1.165) is 17.9 Å². The van der Waals surface area contributed by atoms with Crippen LogP contribution in [0.25, 0.3) is 0 Å². The van der Waals surface area contributed by atoms with E-state index in [0.29, 0.717) is 16.0 Å². The molecule has 1 aliphatic rings. The highest BCUT2D eigenvalue weighted by Crippen LogP contribution is 2.34. The minimum absolute atomic E-state index is 0.202. The van der Waals surface area contributed by atoms with Crippen molar-refractivity contribution < 1.29 is 0 Å². The van der Waals surface area contributed by atoms with Crippen LogP contribution in [0.4, 0.5) is 0 Å². The first-order chi connectivity index (χ1) is 9.61. The van der Waals surface area contributed by atoms with Crippen LogP contribution in [-0.2, 0) is 6.42 Å². The van der Waals surface area contributed by atoms with E-state index in [2.05, 4.69) is 6.92 Å². The molecule has 0 amide bonds. The highest BCUT2D eigenvalue weighted by molar-refractivity contribution is 6.42. The number of hydrogen-bond donors (Lipinski definition) is 1. The maximum Gasteiger partial charge on any atom is 0.0624 e. The molecular formula is C17H25Cl2N. The molecule has 0 bridgehead atoms. The number of rotatable bonds is 5. The number of benzene rings is 1. The van der Waals surface area contributed by atoms with E-state index in [9.17, 15) is 0 Å². The van der Waals surface area contributed by atoms with E-state index in [1.807, 2.05) is 18.2 Å². The predicted molar refractivity (Wildman–Crippen MR) is 88.5 cm³/mol. The van der Waals surface area contributed by atoms with Gasteiger partial charge in [0.15, 0.2) is 0 Å². The Hall–Kier alpha value is -0.240. The van der Waals surface area contributed by atoms with E-state index < -0.39 is 0 Å². The second-order valence-electron chi connectivity index (χ2n) is 6.15. The van der Waals surface area contributed by atoms with Gasteiger partial charge in [-0.2, -0.15) is 0 Å². The average molecular weight is 314 g/mol. The van der Waals surface area contributed by atoms with E-state index in [-0.39, 0.29) is 6.04 Å². The van der Waals surface area contributed by atoms with Crippen molar-refractivity contribution in [2.75, 3.05) is 0 Å². The summed E-state index contributed by atoms with van der Waals surface area (Å²) in [7, 11) is 0. The van der Waals surface area contributed by atoms with Gasteiger partial charge in [0, 0.05) is 6.04 Å². The molecule has 0 radical (unpaired) electrons. The van der Waals surface area contributed by atoms with E-state index in [1.54, 1.807) is 0 Å². The van der Waals surface area contributed by atoms with Crippen LogP contribution in [0, 0.1) is 11.8 Å². The number of halogens is 2. The maximum atomic E-state index is 6.42. The van der Waals surface area contributed by atoms with Gasteiger partial charge in [0.05, 0.1) is 10.0 Å². The first-order valence-corrected chi connectivity index (χ1v) is 8.55. The highest BCUT2D eigenvalue weighted by atomic mass is 35.5. The third-order valence-corrected chi connectivity index (χ3v) is 5.54. The standard InChI is InChI=1S/C17H25Cl2N/c1-2-4-12-7-9-13(10-8-12)16(20)11-14-5-3-6-15(18)17(14)19/h3,5-6,12-13,16H,2,4,7-11,20H2,1H3. The molecule has 3 heteroatoms. The Bertz CT molecular complexity index is 425. The molecule has 1 saturated carbocycles. The predicted octanol–water partition coefficient (Wildman–Crippen LogP) is 5.47. The molecule has 1 aliphatic carbocycles. The Balaban J connectivity index is 1.89. The minimum atomic E-state index is 0.202. The normalized spacial score (nSPS) is 24.6. The number of nitrogens with two attached hydrogens (primary N) is 1. The fraction of sp³-hybridized carbons (Fsp3) is 0.647. The van der Waals surface area contributed by atoms with Crippen molar-refractivity contribution in [2.45, 2.75) is 57.9 Å². The first kappa shape index (κ1) is 16.1. The Morgan fingerprint density at radius 2 is 1.90 bits per heavy atom. The van der Waals surface area contributed by atoms with Crippen LogP contribution in [0.15, 0.2) is 18.2 Å². The lowest BCUT2D eigenvalue weighted by atomic mass is 9.76. The van der Waals surface area contributed by atoms with Crippen molar-refractivity contribution in [3.8, 4) is 0 Å². The molecule has 0 aromatic heterocycles. The van der Waals surface area contributed by atoms with Gasteiger partial charge < -0.3 is 5.73 Å². The average Bonchev–Trinajstić information content (AvgIpc) is 2.45. The minimum Gasteiger partial charge on any atom is -0.327 e. The zero-order chi connectivity index (χ0) is 14.5. The van der Waals surface area contributed by atoms with Crippen molar-refractivity contribution in [2.24, 2.45) is 17.6 Å². The summed E-state index contributed by atoms with van der Waals surface area (Å²) in [5, 5.41) is 1.30. The fourth-order valence-electron chi connectivity index (χ4n) is 3.44. The third kappa shape index (κ3) is 4.13. The molecule has 0 aliphatic heterocycles. The summed E-state index contributed by atoms with van der Waals surface area (Å²) in [6, 6.07) is 6.02. The van der Waals surface area contributed by atoms with Crippen LogP contribution in [0.2, 0.25) is 10.0 Å². The Kier molecular flexibility index (Phi) is 6.20. The summed E-state index contributed by atoms with van der Waals surface area (Å²) < 4.78 is 0. The van der Waals surface area contributed by atoms with Gasteiger partial charge >= 0.3 is 0 Å². The molecular weight excluding hydrogens is 289 g/mol. The van der Waals surface area contributed by atoms with Gasteiger partial charge in [0.25, 0.3) is 0 Å². The zero-order valence-corrected chi connectivity index (χ0v) is 13.8. The van der Waals surface area contributed by atoms with Crippen LogP contribution in [0.1, 0.15) is 51.0 Å². The Morgan fingerprint density at radius 1 is 1.20 bits per heavy atom. The molecule has 1 fully saturated rings. The second kappa shape index (κ2) is 7.68. The largest absolute Gasteiger partial charge is 0.327 e. The summed E-state index contributed by atoms with van der Waals surface area (Å²) in [4.78, 5) is 0. The van der Waals surface area contributed by atoms with E-state index in [4.69, 9.17) is 28.9 Å². The van der Waals surface area contributed by atoms with Gasteiger partial charge in [-0.25, -0.2) is 0 Å². The van der Waals surface area contributed by atoms with Gasteiger partial charge in [0.2, 0.25) is 0 Å². The smallest absolute Gasteiger partial charge is 0.0624 e. The SMILES string of the molecule is CCCC1CCC(C(N)Cc2cccc(Cl)c2Cl)CC1. The second-order valence-corrected chi connectivity index (χ2v) is 6.94. The molecule has 1 unspecified atom stereocenters. The maximum absolute atomic E-state index is 6.42. The quantitative estimate of drug-likeness (QED) is 0.766. The molecule has 1 nitrogen and oxygen atoms in total. The molecule has 20 heavy (non-hydrogen) atoms. The van der Waals surface area contributed by atoms with Gasteiger partial charge in [-0.1, -0.05) is 67.9 Å². The van der Waals surface area contributed by atoms with E-state index in [1.165, 1.54) is 38.5 Å². The summed E-state index contributed by atoms with van der Waals surface area (Å²) >= 11 is 12.3. The summed E-state index contributed by atoms with van der Waals surface area (Å²) in [5.41, 5.74) is 7.50. The topological polar surface area (TPSA) is 26.0 Å². The van der Waals surface area contributed by atoms with Crippen LogP contribution >= 0.6 is 23.2 Å². The summed E-state index contributed by atoms with van der Waals surface area (Å²) in [5.74, 6) is 1.57. The third-order valence-electron chi connectivity index (χ3n) is 4.68. The van der Waals surface area contributed by atoms with Gasteiger partial charge in [-0.3, -0.25) is 0 Å². The molecule has 2 rings (SSSR count). The Labute approximate surface area is 132 Å². The summed E-state index contributed by atoms with van der Waals surface area (Å²) in [6.45, 7) is 2.28. The van der Waals surface area contributed by atoms with Crippen molar-refractivity contribution in [1.29, 1.82) is 0 Å².